The first-order valence-electron chi connectivity index (χ1n) is 8.49. The minimum Gasteiger partial charge on any atom is -0.495 e. The molecule has 2 unspecified atom stereocenters. The molecular formula is C18H26N2O5. The van der Waals surface area contributed by atoms with Gasteiger partial charge in [0, 0.05) is 19.2 Å². The fourth-order valence-electron chi connectivity index (χ4n) is 2.59. The molecule has 0 bridgehead atoms. The Morgan fingerprint density at radius 1 is 1.36 bits per heavy atom. The molecule has 2 atom stereocenters. The van der Waals surface area contributed by atoms with E-state index in [2.05, 4.69) is 10.6 Å². The number of hydrogen-bond donors (Lipinski definition) is 2. The van der Waals surface area contributed by atoms with Crippen LogP contribution < -0.4 is 15.4 Å². The van der Waals surface area contributed by atoms with Gasteiger partial charge in [-0.3, -0.25) is 9.59 Å². The van der Waals surface area contributed by atoms with E-state index in [1.165, 1.54) is 7.11 Å². The standard InChI is InChI=1S/C18H26N2O5/c1-12(25-11-14-6-4-5-9-24-14)17(21)20-15-10-13(18(22)19-2)7-8-16(15)23-3/h7-8,10,12,14H,4-6,9,11H2,1-3H3,(H,19,22)(H,20,21). The molecule has 1 fully saturated rings. The van der Waals surface area contributed by atoms with Crippen LogP contribution in [0.25, 0.3) is 0 Å². The first-order chi connectivity index (χ1) is 12.0. The number of carbonyl (C=O) groups excluding carboxylic acids is 2. The maximum Gasteiger partial charge on any atom is 0.253 e. The molecule has 7 nitrogen and oxygen atoms in total. The van der Waals surface area contributed by atoms with Gasteiger partial charge >= 0.3 is 0 Å². The van der Waals surface area contributed by atoms with E-state index in [0.717, 1.165) is 25.9 Å². The zero-order valence-corrected chi connectivity index (χ0v) is 15.0. The molecule has 25 heavy (non-hydrogen) atoms. The van der Waals surface area contributed by atoms with Crippen LogP contribution in [0.15, 0.2) is 18.2 Å². The van der Waals surface area contributed by atoms with E-state index in [-0.39, 0.29) is 17.9 Å². The molecule has 1 aliphatic rings. The molecule has 0 radical (unpaired) electrons. The maximum atomic E-state index is 12.4. The van der Waals surface area contributed by atoms with Crippen molar-refractivity contribution in [1.82, 2.24) is 5.32 Å². The number of anilines is 1. The Hall–Kier alpha value is -2.12. The number of hydrogen-bond acceptors (Lipinski definition) is 5. The van der Waals surface area contributed by atoms with Gasteiger partial charge in [0.15, 0.2) is 0 Å². The van der Waals surface area contributed by atoms with Gasteiger partial charge in [-0.25, -0.2) is 0 Å². The van der Waals surface area contributed by atoms with Crippen LogP contribution in [0.5, 0.6) is 5.75 Å². The van der Waals surface area contributed by atoms with Crippen molar-refractivity contribution < 1.29 is 23.8 Å². The van der Waals surface area contributed by atoms with Crippen LogP contribution in [-0.2, 0) is 14.3 Å². The Bertz CT molecular complexity index is 599. The van der Waals surface area contributed by atoms with Crippen molar-refractivity contribution in [3.05, 3.63) is 23.8 Å². The van der Waals surface area contributed by atoms with E-state index < -0.39 is 6.10 Å². The van der Waals surface area contributed by atoms with Gasteiger partial charge in [0.1, 0.15) is 11.9 Å². The molecule has 1 aromatic carbocycles. The zero-order chi connectivity index (χ0) is 18.2. The van der Waals surface area contributed by atoms with Crippen molar-refractivity contribution in [2.45, 2.75) is 38.4 Å². The highest BCUT2D eigenvalue weighted by Crippen LogP contribution is 2.26. The molecule has 1 aliphatic heterocycles. The number of nitrogens with one attached hydrogen (secondary N) is 2. The first kappa shape index (κ1) is 19.2. The summed E-state index contributed by atoms with van der Waals surface area (Å²) in [5, 5.41) is 5.31. The Morgan fingerprint density at radius 3 is 2.80 bits per heavy atom. The summed E-state index contributed by atoms with van der Waals surface area (Å²) in [6.07, 6.45) is 2.57. The zero-order valence-electron chi connectivity index (χ0n) is 15.0. The number of rotatable bonds is 7. The van der Waals surface area contributed by atoms with E-state index in [9.17, 15) is 9.59 Å². The molecule has 7 heteroatoms. The molecule has 138 valence electrons. The van der Waals surface area contributed by atoms with Crippen LogP contribution in [0.3, 0.4) is 0 Å². The van der Waals surface area contributed by atoms with Crippen molar-refractivity contribution >= 4 is 17.5 Å². The summed E-state index contributed by atoms with van der Waals surface area (Å²) in [6.45, 7) is 2.83. The van der Waals surface area contributed by atoms with Gasteiger partial charge in [-0.15, -0.1) is 0 Å². The highest BCUT2D eigenvalue weighted by molar-refractivity contribution is 5.99. The van der Waals surface area contributed by atoms with Crippen molar-refractivity contribution in [3.63, 3.8) is 0 Å². The van der Waals surface area contributed by atoms with Gasteiger partial charge in [0.2, 0.25) is 0 Å². The van der Waals surface area contributed by atoms with Crippen LogP contribution in [0.4, 0.5) is 5.69 Å². The molecule has 2 N–H and O–H groups in total. The molecule has 1 saturated heterocycles. The lowest BCUT2D eigenvalue weighted by molar-refractivity contribution is -0.130. The number of methoxy groups -OCH3 is 1. The molecule has 0 saturated carbocycles. The normalized spacial score (nSPS) is 18.3. The highest BCUT2D eigenvalue weighted by Gasteiger charge is 2.20. The highest BCUT2D eigenvalue weighted by atomic mass is 16.5. The fraction of sp³-hybridized carbons (Fsp3) is 0.556. The molecular weight excluding hydrogens is 324 g/mol. The molecule has 2 rings (SSSR count). The number of amides is 2. The average Bonchev–Trinajstić information content (AvgIpc) is 2.66. The Balaban J connectivity index is 1.96. The molecule has 2 amide bonds. The lowest BCUT2D eigenvalue weighted by Crippen LogP contribution is -2.32. The van der Waals surface area contributed by atoms with Gasteiger partial charge in [-0.05, 0) is 44.4 Å². The summed E-state index contributed by atoms with van der Waals surface area (Å²) in [4.78, 5) is 24.1. The minimum absolute atomic E-state index is 0.0510. The van der Waals surface area contributed by atoms with E-state index in [4.69, 9.17) is 14.2 Å². The second kappa shape index (κ2) is 9.39. The first-order valence-corrected chi connectivity index (χ1v) is 8.49. The Kier molecular flexibility index (Phi) is 7.21. The molecule has 0 aliphatic carbocycles. The van der Waals surface area contributed by atoms with Crippen LogP contribution in [-0.4, -0.2) is 51.4 Å². The second-order valence-electron chi connectivity index (χ2n) is 5.95. The largest absolute Gasteiger partial charge is 0.495 e. The summed E-state index contributed by atoms with van der Waals surface area (Å²) < 4.78 is 16.5. The maximum absolute atomic E-state index is 12.4. The van der Waals surface area contributed by atoms with Crippen molar-refractivity contribution in [1.29, 1.82) is 0 Å². The topological polar surface area (TPSA) is 85.9 Å². The average molecular weight is 350 g/mol. The lowest BCUT2D eigenvalue weighted by Gasteiger charge is -2.24. The van der Waals surface area contributed by atoms with E-state index in [0.29, 0.717) is 23.6 Å². The van der Waals surface area contributed by atoms with E-state index >= 15 is 0 Å². The number of carbonyl (C=O) groups is 2. The van der Waals surface area contributed by atoms with Gasteiger partial charge < -0.3 is 24.8 Å². The van der Waals surface area contributed by atoms with Crippen molar-refractivity contribution in [2.75, 3.05) is 32.7 Å². The molecule has 1 heterocycles. The predicted octanol–water partition coefficient (Wildman–Crippen LogP) is 1.97. The monoisotopic (exact) mass is 350 g/mol. The SMILES string of the molecule is CNC(=O)c1ccc(OC)c(NC(=O)C(C)OCC2CCCCO2)c1. The Morgan fingerprint density at radius 2 is 2.16 bits per heavy atom. The van der Waals surface area contributed by atoms with Gasteiger partial charge in [-0.2, -0.15) is 0 Å². The summed E-state index contributed by atoms with van der Waals surface area (Å²) >= 11 is 0. The minimum atomic E-state index is -0.640. The summed E-state index contributed by atoms with van der Waals surface area (Å²) in [5.41, 5.74) is 0.862. The van der Waals surface area contributed by atoms with Crippen LogP contribution in [0.2, 0.25) is 0 Å². The fourth-order valence-corrected chi connectivity index (χ4v) is 2.59. The van der Waals surface area contributed by atoms with E-state index in [1.807, 2.05) is 0 Å². The summed E-state index contributed by atoms with van der Waals surface area (Å²) in [5.74, 6) is -0.0659. The van der Waals surface area contributed by atoms with Crippen molar-refractivity contribution in [2.24, 2.45) is 0 Å². The summed E-state index contributed by atoms with van der Waals surface area (Å²) in [7, 11) is 3.05. The predicted molar refractivity (Wildman–Crippen MR) is 94.0 cm³/mol. The second-order valence-corrected chi connectivity index (χ2v) is 5.95. The molecule has 1 aromatic rings. The Labute approximate surface area is 148 Å². The quantitative estimate of drug-likeness (QED) is 0.785. The third-order valence-corrected chi connectivity index (χ3v) is 4.12. The smallest absolute Gasteiger partial charge is 0.253 e. The number of ether oxygens (including phenoxy) is 3. The summed E-state index contributed by atoms with van der Waals surface area (Å²) in [6, 6.07) is 4.85. The molecule has 0 spiro atoms. The third-order valence-electron chi connectivity index (χ3n) is 4.12. The van der Waals surface area contributed by atoms with Gasteiger partial charge in [-0.1, -0.05) is 0 Å². The van der Waals surface area contributed by atoms with Crippen LogP contribution in [0.1, 0.15) is 36.5 Å². The van der Waals surface area contributed by atoms with Crippen LogP contribution in [0, 0.1) is 0 Å². The van der Waals surface area contributed by atoms with Gasteiger partial charge in [0.05, 0.1) is 25.5 Å². The number of benzene rings is 1. The lowest BCUT2D eigenvalue weighted by atomic mass is 10.1. The third kappa shape index (κ3) is 5.44. The van der Waals surface area contributed by atoms with Crippen molar-refractivity contribution in [3.8, 4) is 5.75 Å². The van der Waals surface area contributed by atoms with Crippen LogP contribution >= 0.6 is 0 Å². The van der Waals surface area contributed by atoms with Gasteiger partial charge in [0.25, 0.3) is 11.8 Å². The van der Waals surface area contributed by atoms with E-state index in [1.54, 1.807) is 32.2 Å². The molecule has 0 aromatic heterocycles.